The lowest BCUT2D eigenvalue weighted by Crippen LogP contribution is -2.36. The number of nitrogens with one attached hydrogen (secondary N) is 1. The summed E-state index contributed by atoms with van der Waals surface area (Å²) in [5.74, 6) is 0.996. The molecule has 2 heterocycles. The summed E-state index contributed by atoms with van der Waals surface area (Å²) in [6.07, 6.45) is -0.180. The van der Waals surface area contributed by atoms with Crippen molar-refractivity contribution in [2.24, 2.45) is 5.92 Å². The molecule has 1 unspecified atom stereocenters. The number of aliphatic hydroxyl groups is 2. The third-order valence-electron chi connectivity index (χ3n) is 4.87. The number of rotatable bonds is 11. The molecule has 0 aliphatic heterocycles. The Bertz CT molecular complexity index is 1170. The van der Waals surface area contributed by atoms with Crippen LogP contribution in [0.2, 0.25) is 5.02 Å². The van der Waals surface area contributed by atoms with Crippen LogP contribution >= 0.6 is 11.6 Å². The zero-order valence-corrected chi connectivity index (χ0v) is 20.8. The highest BCUT2D eigenvalue weighted by Crippen LogP contribution is 2.39. The number of benzene rings is 1. The number of halogens is 1. The van der Waals surface area contributed by atoms with Gasteiger partial charge in [-0.2, -0.15) is 0 Å². The monoisotopic (exact) mass is 504 g/mol. The number of nitrogens with zero attached hydrogens (tertiary/aromatic N) is 3. The number of pyridine rings is 1. The predicted octanol–water partition coefficient (Wildman–Crippen LogP) is 2.82. The molecular formula is C24H29ClN4O6. The minimum absolute atomic E-state index is 0.0878. The zero-order chi connectivity index (χ0) is 25.5. The van der Waals surface area contributed by atoms with Gasteiger partial charge in [-0.1, -0.05) is 25.4 Å². The Morgan fingerprint density at radius 2 is 1.86 bits per heavy atom. The molecule has 0 radical (unpaired) electrons. The van der Waals surface area contributed by atoms with E-state index >= 15 is 0 Å². The maximum Gasteiger partial charge on any atom is 0.248 e. The normalized spacial score (nSPS) is 12.0. The summed E-state index contributed by atoms with van der Waals surface area (Å²) in [6, 6.07) is 7.07. The summed E-state index contributed by atoms with van der Waals surface area (Å²) in [7, 11) is 1.45. The number of carbonyl (C=O) groups excluding carboxylic acids is 1. The molecule has 0 fully saturated rings. The van der Waals surface area contributed by atoms with Crippen molar-refractivity contribution in [2.45, 2.75) is 33.3 Å². The maximum absolute atomic E-state index is 11.1. The molecule has 188 valence electrons. The molecule has 0 saturated carbocycles. The molecule has 1 atom stereocenters. The van der Waals surface area contributed by atoms with Crippen LogP contribution in [-0.4, -0.2) is 64.3 Å². The first kappa shape index (κ1) is 26.4. The van der Waals surface area contributed by atoms with Crippen LogP contribution in [-0.2, 0) is 11.2 Å². The Morgan fingerprint density at radius 1 is 1.17 bits per heavy atom. The van der Waals surface area contributed by atoms with Crippen LogP contribution in [0.15, 0.2) is 28.7 Å². The lowest BCUT2D eigenvalue weighted by molar-refractivity contribution is -0.124. The van der Waals surface area contributed by atoms with Gasteiger partial charge in [0.1, 0.15) is 19.3 Å². The topological polar surface area (TPSA) is 140 Å². The smallest absolute Gasteiger partial charge is 0.248 e. The lowest BCUT2D eigenvalue weighted by atomic mass is 10.1. The van der Waals surface area contributed by atoms with E-state index in [4.69, 9.17) is 30.6 Å². The Labute approximate surface area is 208 Å². The predicted molar refractivity (Wildman–Crippen MR) is 129 cm³/mol. The second-order valence-electron chi connectivity index (χ2n) is 8.42. The Kier molecular flexibility index (Phi) is 9.02. The third kappa shape index (κ3) is 7.14. The Morgan fingerprint density at radius 3 is 2.49 bits per heavy atom. The Balaban J connectivity index is 1.79. The summed E-state index contributed by atoms with van der Waals surface area (Å²) in [5.41, 5.74) is 3.13. The number of hydrogen-bond acceptors (Lipinski definition) is 9. The van der Waals surface area contributed by atoms with E-state index in [1.54, 1.807) is 12.1 Å². The summed E-state index contributed by atoms with van der Waals surface area (Å²) in [5, 5.41) is 29.6. The van der Waals surface area contributed by atoms with E-state index in [1.165, 1.54) is 7.11 Å². The molecule has 0 saturated heterocycles. The molecule has 3 aromatic rings. The molecule has 0 spiro atoms. The molecule has 1 aromatic carbocycles. The highest BCUT2D eigenvalue weighted by Gasteiger charge is 2.19. The van der Waals surface area contributed by atoms with Gasteiger partial charge >= 0.3 is 0 Å². The summed E-state index contributed by atoms with van der Waals surface area (Å²) >= 11 is 6.42. The first-order chi connectivity index (χ1) is 16.7. The van der Waals surface area contributed by atoms with Crippen LogP contribution in [0.3, 0.4) is 0 Å². The summed E-state index contributed by atoms with van der Waals surface area (Å²) in [4.78, 5) is 15.7. The van der Waals surface area contributed by atoms with Crippen LogP contribution in [0, 0.1) is 12.8 Å². The van der Waals surface area contributed by atoms with E-state index in [0.29, 0.717) is 23.1 Å². The Hall–Kier alpha value is -3.21. The number of aliphatic hydroxyl groups excluding tert-OH is 2. The second kappa shape index (κ2) is 12.0. The van der Waals surface area contributed by atoms with Crippen molar-refractivity contribution in [2.75, 3.05) is 26.9 Å². The van der Waals surface area contributed by atoms with E-state index in [-0.39, 0.29) is 29.8 Å². The largest absolute Gasteiger partial charge is 0.493 e. The van der Waals surface area contributed by atoms with Crippen LogP contribution in [0.5, 0.6) is 11.5 Å². The number of carbonyl (C=O) groups is 1. The fourth-order valence-electron chi connectivity index (χ4n) is 3.35. The van der Waals surface area contributed by atoms with Crippen molar-refractivity contribution in [3.63, 3.8) is 0 Å². The first-order valence-electron chi connectivity index (χ1n) is 11.1. The van der Waals surface area contributed by atoms with Gasteiger partial charge in [0.25, 0.3) is 0 Å². The van der Waals surface area contributed by atoms with Crippen LogP contribution < -0.4 is 14.8 Å². The molecule has 0 bridgehead atoms. The molecule has 2 aromatic heterocycles. The van der Waals surface area contributed by atoms with Crippen molar-refractivity contribution in [1.29, 1.82) is 0 Å². The van der Waals surface area contributed by atoms with Gasteiger partial charge in [0.15, 0.2) is 11.5 Å². The van der Waals surface area contributed by atoms with Gasteiger partial charge in [-0.3, -0.25) is 9.78 Å². The number of amides is 1. The third-order valence-corrected chi connectivity index (χ3v) is 5.15. The molecule has 3 rings (SSSR count). The van der Waals surface area contributed by atoms with Crippen LogP contribution in [0.1, 0.15) is 25.2 Å². The lowest BCUT2D eigenvalue weighted by Gasteiger charge is -2.16. The van der Waals surface area contributed by atoms with Crippen molar-refractivity contribution < 1.29 is 28.9 Å². The van der Waals surface area contributed by atoms with Crippen molar-refractivity contribution in [3.8, 4) is 34.4 Å². The SMILES string of the molecule is COc1cc(-c2nnc(-c3cc(C)nc(CC(C)C)c3)o2)cc(Cl)c1OCC(O)CNC(=O)CO. The maximum atomic E-state index is 11.1. The van der Waals surface area contributed by atoms with Gasteiger partial charge < -0.3 is 29.4 Å². The highest BCUT2D eigenvalue weighted by atomic mass is 35.5. The summed E-state index contributed by atoms with van der Waals surface area (Å²) in [6.45, 7) is 5.28. The number of methoxy groups -OCH3 is 1. The number of aromatic nitrogens is 3. The van der Waals surface area contributed by atoms with Gasteiger partial charge in [-0.05, 0) is 43.5 Å². The molecule has 11 heteroatoms. The molecule has 0 aliphatic carbocycles. The minimum atomic E-state index is -1.02. The van der Waals surface area contributed by atoms with Gasteiger partial charge in [0, 0.05) is 29.1 Å². The number of hydrogen-bond donors (Lipinski definition) is 3. The molecule has 35 heavy (non-hydrogen) atoms. The average molecular weight is 505 g/mol. The second-order valence-corrected chi connectivity index (χ2v) is 8.82. The highest BCUT2D eigenvalue weighted by molar-refractivity contribution is 6.32. The van der Waals surface area contributed by atoms with Crippen LogP contribution in [0.4, 0.5) is 0 Å². The zero-order valence-electron chi connectivity index (χ0n) is 20.0. The van der Waals surface area contributed by atoms with E-state index < -0.39 is 18.6 Å². The molecular weight excluding hydrogens is 476 g/mol. The first-order valence-corrected chi connectivity index (χ1v) is 11.5. The van der Waals surface area contributed by atoms with E-state index in [0.717, 1.165) is 23.4 Å². The van der Waals surface area contributed by atoms with Crippen LogP contribution in [0.25, 0.3) is 22.9 Å². The van der Waals surface area contributed by atoms with Crippen molar-refractivity contribution >= 4 is 17.5 Å². The van der Waals surface area contributed by atoms with E-state index in [2.05, 4.69) is 34.3 Å². The quantitative estimate of drug-likeness (QED) is 0.359. The van der Waals surface area contributed by atoms with Crippen molar-refractivity contribution in [3.05, 3.63) is 40.7 Å². The molecule has 3 N–H and O–H groups in total. The van der Waals surface area contributed by atoms with Gasteiger partial charge in [-0.25, -0.2) is 0 Å². The van der Waals surface area contributed by atoms with Gasteiger partial charge in [-0.15, -0.1) is 10.2 Å². The molecule has 10 nitrogen and oxygen atoms in total. The fraction of sp³-hybridized carbons (Fsp3) is 0.417. The minimum Gasteiger partial charge on any atom is -0.493 e. The fourth-order valence-corrected chi connectivity index (χ4v) is 3.61. The number of ether oxygens (including phenoxy) is 2. The van der Waals surface area contributed by atoms with Gasteiger partial charge in [0.2, 0.25) is 17.7 Å². The summed E-state index contributed by atoms with van der Waals surface area (Å²) < 4.78 is 16.9. The van der Waals surface area contributed by atoms with Gasteiger partial charge in [0.05, 0.1) is 12.1 Å². The molecule has 1 amide bonds. The van der Waals surface area contributed by atoms with Crippen molar-refractivity contribution in [1.82, 2.24) is 20.5 Å². The van der Waals surface area contributed by atoms with E-state index in [9.17, 15) is 9.90 Å². The van der Waals surface area contributed by atoms with E-state index in [1.807, 2.05) is 19.1 Å². The standard InChI is InChI=1S/C24H29ClN4O6/c1-13(2)5-17-7-15(6-14(3)27-17)23-28-29-24(35-23)16-8-19(25)22(20(9-16)33-4)34-12-18(31)10-26-21(32)11-30/h6-9,13,18,30-31H,5,10-12H2,1-4H3,(H,26,32). The average Bonchev–Trinajstić information content (AvgIpc) is 3.31. The molecule has 0 aliphatic rings. The number of aryl methyl sites for hydroxylation is 1.